The molecule has 2 aromatic carbocycles. The summed E-state index contributed by atoms with van der Waals surface area (Å²) < 4.78 is 28.2. The summed E-state index contributed by atoms with van der Waals surface area (Å²) in [4.78, 5) is 16.6. The number of carbonyl (C=O) groups is 1. The van der Waals surface area contributed by atoms with Crippen molar-refractivity contribution in [2.75, 3.05) is 11.9 Å². The van der Waals surface area contributed by atoms with E-state index >= 15 is 0 Å². The first-order chi connectivity index (χ1) is 13.5. The fourth-order valence-electron chi connectivity index (χ4n) is 2.86. The average Bonchev–Trinajstić information content (AvgIpc) is 3.30. The van der Waals surface area contributed by atoms with Gasteiger partial charge in [-0.05, 0) is 42.5 Å². The Morgan fingerprint density at radius 3 is 2.64 bits per heavy atom. The van der Waals surface area contributed by atoms with Crippen LogP contribution in [-0.4, -0.2) is 36.5 Å². The Balaban J connectivity index is 1.36. The number of sulfonamides is 1. The van der Waals surface area contributed by atoms with Crippen LogP contribution in [-0.2, 0) is 14.8 Å². The number of rotatable bonds is 5. The molecule has 1 aliphatic rings. The summed E-state index contributed by atoms with van der Waals surface area (Å²) in [5.74, 6) is 0.0669. The first-order valence-corrected chi connectivity index (χ1v) is 10.1. The molecule has 0 aliphatic carbocycles. The van der Waals surface area contributed by atoms with Gasteiger partial charge in [-0.3, -0.25) is 14.5 Å². The monoisotopic (exact) mass is 395 g/mol. The minimum Gasteiger partial charge on any atom is -0.326 e. The van der Waals surface area contributed by atoms with Crippen LogP contribution in [0.15, 0.2) is 76.9 Å². The van der Waals surface area contributed by atoms with Gasteiger partial charge in [-0.25, -0.2) is 13.1 Å². The predicted molar refractivity (Wildman–Crippen MR) is 105 cm³/mol. The average molecular weight is 395 g/mol. The Morgan fingerprint density at radius 1 is 1.11 bits per heavy atom. The van der Waals surface area contributed by atoms with E-state index in [4.69, 9.17) is 0 Å². The summed E-state index contributed by atoms with van der Waals surface area (Å²) >= 11 is 0. The maximum absolute atomic E-state index is 12.1. The molecule has 0 saturated heterocycles. The fourth-order valence-corrected chi connectivity index (χ4v) is 4.11. The molecule has 3 aromatic rings. The third-order valence-electron chi connectivity index (χ3n) is 4.19. The van der Waals surface area contributed by atoms with Crippen LogP contribution in [0.5, 0.6) is 0 Å². The maximum Gasteiger partial charge on any atom is 0.263 e. The third kappa shape index (κ3) is 3.65. The molecule has 1 aromatic heterocycles. The van der Waals surface area contributed by atoms with Gasteiger partial charge in [0.2, 0.25) is 5.91 Å². The summed E-state index contributed by atoms with van der Waals surface area (Å²) in [5.41, 5.74) is 2.08. The highest BCUT2D eigenvalue weighted by Gasteiger charge is 2.29. The number of nitrogens with zero attached hydrogens (tertiary/aromatic N) is 3. The molecule has 2 heterocycles. The van der Waals surface area contributed by atoms with E-state index in [1.165, 1.54) is 6.07 Å². The smallest absolute Gasteiger partial charge is 0.263 e. The van der Waals surface area contributed by atoms with Crippen LogP contribution < -0.4 is 10.0 Å². The highest BCUT2D eigenvalue weighted by molar-refractivity contribution is 7.90. The molecule has 0 saturated carbocycles. The number of benzene rings is 2. The molecule has 1 aliphatic heterocycles. The minimum absolute atomic E-state index is 0.133. The zero-order chi connectivity index (χ0) is 19.6. The first-order valence-electron chi connectivity index (χ1n) is 8.59. The lowest BCUT2D eigenvalue weighted by Crippen LogP contribution is -2.23. The number of amidine groups is 1. The van der Waals surface area contributed by atoms with Gasteiger partial charge in [0.25, 0.3) is 10.0 Å². The van der Waals surface area contributed by atoms with Gasteiger partial charge in [-0.2, -0.15) is 5.10 Å². The van der Waals surface area contributed by atoms with Crippen LogP contribution in [0.25, 0.3) is 5.69 Å². The highest BCUT2D eigenvalue weighted by atomic mass is 32.2. The molecule has 0 atom stereocenters. The van der Waals surface area contributed by atoms with Gasteiger partial charge in [-0.15, -0.1) is 0 Å². The molecule has 0 fully saturated rings. The van der Waals surface area contributed by atoms with Crippen molar-refractivity contribution in [3.05, 3.63) is 72.6 Å². The van der Waals surface area contributed by atoms with Crippen molar-refractivity contribution in [3.8, 4) is 5.69 Å². The lowest BCUT2D eigenvalue weighted by molar-refractivity contribution is -0.116. The normalized spacial score (nSPS) is 15.8. The molecule has 9 heteroatoms. The second-order valence-electron chi connectivity index (χ2n) is 6.13. The van der Waals surface area contributed by atoms with E-state index < -0.39 is 10.0 Å². The standard InChI is InChI=1S/C19H17N5O3S/c25-18(22-14-6-8-15(9-7-14)24-13-3-11-21-24)10-12-20-19-16-4-1-2-5-17(16)28(26,27)23-19/h1-9,11,13H,10,12H2,(H,20,23)(H,22,25). The minimum atomic E-state index is -3.57. The lowest BCUT2D eigenvalue weighted by Gasteiger charge is -2.06. The zero-order valence-corrected chi connectivity index (χ0v) is 15.6. The molecule has 4 rings (SSSR count). The van der Waals surface area contributed by atoms with Gasteiger partial charge in [0.15, 0.2) is 0 Å². The van der Waals surface area contributed by atoms with Gasteiger partial charge in [0, 0.05) is 30.1 Å². The van der Waals surface area contributed by atoms with E-state index in [2.05, 4.69) is 20.1 Å². The zero-order valence-electron chi connectivity index (χ0n) is 14.7. The Morgan fingerprint density at radius 2 is 1.89 bits per heavy atom. The molecule has 0 radical (unpaired) electrons. The van der Waals surface area contributed by atoms with Crippen molar-refractivity contribution in [1.82, 2.24) is 14.5 Å². The molecular weight excluding hydrogens is 378 g/mol. The van der Waals surface area contributed by atoms with E-state index in [1.807, 2.05) is 24.4 Å². The number of amides is 1. The molecule has 8 nitrogen and oxygen atoms in total. The van der Waals surface area contributed by atoms with Crippen molar-refractivity contribution in [3.63, 3.8) is 0 Å². The van der Waals surface area contributed by atoms with Gasteiger partial charge in [0.05, 0.1) is 17.1 Å². The number of anilines is 1. The van der Waals surface area contributed by atoms with Crippen LogP contribution in [0.3, 0.4) is 0 Å². The van der Waals surface area contributed by atoms with E-state index in [0.29, 0.717) is 11.3 Å². The number of hydrogen-bond acceptors (Lipinski definition) is 5. The van der Waals surface area contributed by atoms with Crippen LogP contribution >= 0.6 is 0 Å². The van der Waals surface area contributed by atoms with Crippen LogP contribution in [0, 0.1) is 0 Å². The summed E-state index contributed by atoms with van der Waals surface area (Å²) in [6, 6.07) is 15.7. The number of nitrogens with one attached hydrogen (secondary N) is 2. The number of aromatic nitrogens is 2. The van der Waals surface area contributed by atoms with Crippen LogP contribution in [0.4, 0.5) is 5.69 Å². The van der Waals surface area contributed by atoms with E-state index in [1.54, 1.807) is 41.2 Å². The maximum atomic E-state index is 12.1. The Labute approximate surface area is 162 Å². The Bertz CT molecular complexity index is 1140. The second kappa shape index (κ2) is 7.28. The van der Waals surface area contributed by atoms with Gasteiger partial charge < -0.3 is 5.32 Å². The number of hydrogen-bond donors (Lipinski definition) is 2. The van der Waals surface area contributed by atoms with Crippen LogP contribution in [0.2, 0.25) is 0 Å². The number of fused-ring (bicyclic) bond motifs is 1. The topological polar surface area (TPSA) is 105 Å². The van der Waals surface area contributed by atoms with E-state index in [0.717, 1.165) is 5.69 Å². The molecule has 2 N–H and O–H groups in total. The SMILES string of the molecule is O=C(CCN=C1NS(=O)(=O)c2ccccc21)Nc1ccc(-n2cccn2)cc1. The van der Waals surface area contributed by atoms with Gasteiger partial charge in [-0.1, -0.05) is 12.1 Å². The molecule has 0 unspecified atom stereocenters. The summed E-state index contributed by atoms with van der Waals surface area (Å²) in [7, 11) is -3.57. The Kier molecular flexibility index (Phi) is 4.66. The van der Waals surface area contributed by atoms with Crippen molar-refractivity contribution >= 4 is 27.5 Å². The van der Waals surface area contributed by atoms with Crippen molar-refractivity contribution in [1.29, 1.82) is 0 Å². The molecule has 1 amide bonds. The van der Waals surface area contributed by atoms with Gasteiger partial charge >= 0.3 is 0 Å². The number of aliphatic imine (C=N–C) groups is 1. The van der Waals surface area contributed by atoms with Crippen molar-refractivity contribution < 1.29 is 13.2 Å². The predicted octanol–water partition coefficient (Wildman–Crippen LogP) is 1.94. The summed E-state index contributed by atoms with van der Waals surface area (Å²) in [6.07, 6.45) is 3.66. The quantitative estimate of drug-likeness (QED) is 0.689. The number of carbonyl (C=O) groups excluding carboxylic acids is 1. The molecular formula is C19H17N5O3S. The third-order valence-corrected chi connectivity index (χ3v) is 5.59. The highest BCUT2D eigenvalue weighted by Crippen LogP contribution is 2.22. The molecule has 142 valence electrons. The first kappa shape index (κ1) is 17.9. The van der Waals surface area contributed by atoms with Crippen molar-refractivity contribution in [2.45, 2.75) is 11.3 Å². The summed E-state index contributed by atoms with van der Waals surface area (Å²) in [6.45, 7) is 0.170. The van der Waals surface area contributed by atoms with Crippen molar-refractivity contribution in [2.24, 2.45) is 4.99 Å². The Hall–Kier alpha value is -3.46. The summed E-state index contributed by atoms with van der Waals surface area (Å²) in [5, 5.41) is 6.95. The molecule has 28 heavy (non-hydrogen) atoms. The lowest BCUT2D eigenvalue weighted by atomic mass is 10.2. The van der Waals surface area contributed by atoms with E-state index in [9.17, 15) is 13.2 Å². The fraction of sp³-hybridized carbons (Fsp3) is 0.105. The molecule has 0 spiro atoms. The second-order valence-corrected chi connectivity index (χ2v) is 7.78. The largest absolute Gasteiger partial charge is 0.326 e. The van der Waals surface area contributed by atoms with Gasteiger partial charge in [0.1, 0.15) is 5.84 Å². The van der Waals surface area contributed by atoms with E-state index in [-0.39, 0.29) is 29.6 Å². The molecule has 0 bridgehead atoms. The van der Waals surface area contributed by atoms with Crippen LogP contribution in [0.1, 0.15) is 12.0 Å².